The molecule has 0 aliphatic heterocycles. The Bertz CT molecular complexity index is 661. The molecule has 0 radical (unpaired) electrons. The summed E-state index contributed by atoms with van der Waals surface area (Å²) in [5.41, 5.74) is 1.79. The van der Waals surface area contributed by atoms with Crippen molar-refractivity contribution < 1.29 is 0 Å². The van der Waals surface area contributed by atoms with Crippen LogP contribution in [0.5, 0.6) is 0 Å². The first-order chi connectivity index (χ1) is 8.24. The van der Waals surface area contributed by atoms with Crippen LogP contribution >= 0.6 is 34.5 Å². The van der Waals surface area contributed by atoms with E-state index in [1.54, 1.807) is 23.6 Å². The number of hydrogen-bond donors (Lipinski definition) is 0. The van der Waals surface area contributed by atoms with Crippen molar-refractivity contribution in [1.82, 2.24) is 9.97 Å². The zero-order chi connectivity index (χ0) is 11.8. The molecule has 0 unspecified atom stereocenters. The van der Waals surface area contributed by atoms with Gasteiger partial charge in [-0.15, -0.1) is 11.3 Å². The maximum absolute atomic E-state index is 6.13. The molecule has 0 aliphatic rings. The van der Waals surface area contributed by atoms with Crippen molar-refractivity contribution in [3.63, 3.8) is 0 Å². The molecule has 2 nitrogen and oxygen atoms in total. The molecule has 1 aromatic carbocycles. The second-order valence-corrected chi connectivity index (χ2v) is 5.30. The van der Waals surface area contributed by atoms with Crippen molar-refractivity contribution in [2.75, 3.05) is 0 Å². The topological polar surface area (TPSA) is 25.8 Å². The van der Waals surface area contributed by atoms with Gasteiger partial charge >= 0.3 is 0 Å². The Labute approximate surface area is 112 Å². The molecule has 0 bridgehead atoms. The number of aromatic nitrogens is 2. The van der Waals surface area contributed by atoms with Crippen molar-refractivity contribution in [2.24, 2.45) is 0 Å². The van der Waals surface area contributed by atoms with E-state index in [0.717, 1.165) is 20.8 Å². The van der Waals surface area contributed by atoms with Crippen LogP contribution in [0, 0.1) is 0 Å². The number of hydrogen-bond acceptors (Lipinski definition) is 3. The average molecular weight is 281 g/mol. The van der Waals surface area contributed by atoms with Gasteiger partial charge in [-0.1, -0.05) is 35.3 Å². The Morgan fingerprint density at radius 1 is 1.12 bits per heavy atom. The number of fused-ring (bicyclic) bond motifs is 1. The number of halogens is 2. The molecule has 2 aromatic heterocycles. The van der Waals surface area contributed by atoms with E-state index in [1.165, 1.54) is 0 Å². The molecule has 5 heteroatoms. The first kappa shape index (κ1) is 11.0. The summed E-state index contributed by atoms with van der Waals surface area (Å²) in [7, 11) is 0. The van der Waals surface area contributed by atoms with Gasteiger partial charge in [0.2, 0.25) is 0 Å². The van der Waals surface area contributed by atoms with Crippen LogP contribution in [-0.4, -0.2) is 9.97 Å². The Kier molecular flexibility index (Phi) is 2.74. The van der Waals surface area contributed by atoms with Crippen LogP contribution in [0.15, 0.2) is 36.5 Å². The molecule has 3 aromatic rings. The summed E-state index contributed by atoms with van der Waals surface area (Å²) >= 11 is 13.5. The Balaban J connectivity index is 2.20. The lowest BCUT2D eigenvalue weighted by molar-refractivity contribution is 1.32. The zero-order valence-electron chi connectivity index (χ0n) is 8.52. The Morgan fingerprint density at radius 3 is 2.71 bits per heavy atom. The molecule has 2 heterocycles. The summed E-state index contributed by atoms with van der Waals surface area (Å²) in [4.78, 5) is 8.56. The number of rotatable bonds is 1. The third-order valence-corrected chi connectivity index (χ3v) is 3.93. The largest absolute Gasteiger partial charge is 0.244 e. The number of thiazole rings is 1. The number of para-hydroxylation sites is 1. The average Bonchev–Trinajstić information content (AvgIpc) is 2.72. The fourth-order valence-corrected chi connectivity index (χ4v) is 3.05. The van der Waals surface area contributed by atoms with E-state index in [4.69, 9.17) is 23.2 Å². The van der Waals surface area contributed by atoms with Gasteiger partial charge in [0.15, 0.2) is 0 Å². The van der Waals surface area contributed by atoms with Crippen LogP contribution in [0.1, 0.15) is 0 Å². The minimum Gasteiger partial charge on any atom is -0.244 e. The van der Waals surface area contributed by atoms with Gasteiger partial charge in [-0.25, -0.2) is 9.97 Å². The van der Waals surface area contributed by atoms with Crippen molar-refractivity contribution >= 4 is 44.8 Å². The van der Waals surface area contributed by atoms with Crippen molar-refractivity contribution in [3.05, 3.63) is 46.7 Å². The number of benzene rings is 1. The molecule has 0 saturated carbocycles. The SMILES string of the molecule is Clc1cc(Cl)c(-c2nc3ccccc3s2)cn1. The summed E-state index contributed by atoms with van der Waals surface area (Å²) in [6.45, 7) is 0. The minimum absolute atomic E-state index is 0.389. The summed E-state index contributed by atoms with van der Waals surface area (Å²) in [5, 5.41) is 1.82. The molecule has 0 saturated heterocycles. The van der Waals surface area contributed by atoms with Gasteiger partial charge in [-0.05, 0) is 18.2 Å². The first-order valence-corrected chi connectivity index (χ1v) is 6.48. The van der Waals surface area contributed by atoms with Gasteiger partial charge in [0, 0.05) is 11.8 Å². The van der Waals surface area contributed by atoms with E-state index in [2.05, 4.69) is 9.97 Å². The van der Waals surface area contributed by atoms with Gasteiger partial charge in [-0.2, -0.15) is 0 Å². The van der Waals surface area contributed by atoms with E-state index in [9.17, 15) is 0 Å². The fraction of sp³-hybridized carbons (Fsp3) is 0. The maximum atomic E-state index is 6.13. The van der Waals surface area contributed by atoms with E-state index < -0.39 is 0 Å². The minimum atomic E-state index is 0.389. The van der Waals surface area contributed by atoms with Crippen molar-refractivity contribution in [2.45, 2.75) is 0 Å². The normalized spacial score (nSPS) is 10.9. The van der Waals surface area contributed by atoms with Gasteiger partial charge in [0.05, 0.1) is 15.2 Å². The van der Waals surface area contributed by atoms with Crippen molar-refractivity contribution in [3.8, 4) is 10.6 Å². The van der Waals surface area contributed by atoms with Crippen LogP contribution in [-0.2, 0) is 0 Å². The van der Waals surface area contributed by atoms with Crippen LogP contribution in [0.4, 0.5) is 0 Å². The van der Waals surface area contributed by atoms with E-state index in [0.29, 0.717) is 10.2 Å². The zero-order valence-corrected chi connectivity index (χ0v) is 10.9. The highest BCUT2D eigenvalue weighted by Gasteiger charge is 2.10. The maximum Gasteiger partial charge on any atom is 0.130 e. The summed E-state index contributed by atoms with van der Waals surface area (Å²) < 4.78 is 1.13. The van der Waals surface area contributed by atoms with Crippen LogP contribution < -0.4 is 0 Å². The first-order valence-electron chi connectivity index (χ1n) is 4.91. The lowest BCUT2D eigenvalue weighted by atomic mass is 10.3. The summed E-state index contributed by atoms with van der Waals surface area (Å²) in [6.07, 6.45) is 1.66. The predicted octanol–water partition coefficient (Wildman–Crippen LogP) is 4.67. The lowest BCUT2D eigenvalue weighted by Gasteiger charge is -1.98. The smallest absolute Gasteiger partial charge is 0.130 e. The van der Waals surface area contributed by atoms with E-state index >= 15 is 0 Å². The lowest BCUT2D eigenvalue weighted by Crippen LogP contribution is -1.81. The predicted molar refractivity (Wildman–Crippen MR) is 72.9 cm³/mol. The molecule has 3 rings (SSSR count). The molecule has 0 spiro atoms. The highest BCUT2D eigenvalue weighted by atomic mass is 35.5. The molecule has 0 N–H and O–H groups in total. The second-order valence-electron chi connectivity index (χ2n) is 3.47. The van der Waals surface area contributed by atoms with Gasteiger partial charge in [-0.3, -0.25) is 0 Å². The highest BCUT2D eigenvalue weighted by Crippen LogP contribution is 2.34. The number of pyridine rings is 1. The molecular formula is C12H6Cl2N2S. The third kappa shape index (κ3) is 2.02. The molecule has 17 heavy (non-hydrogen) atoms. The van der Waals surface area contributed by atoms with Crippen LogP contribution in [0.3, 0.4) is 0 Å². The molecule has 0 atom stereocenters. The summed E-state index contributed by atoms with van der Waals surface area (Å²) in [5.74, 6) is 0. The molecule has 0 fully saturated rings. The van der Waals surface area contributed by atoms with Gasteiger partial charge in [0.1, 0.15) is 10.2 Å². The third-order valence-electron chi connectivity index (χ3n) is 2.34. The monoisotopic (exact) mass is 280 g/mol. The fourth-order valence-electron chi connectivity index (χ4n) is 1.55. The molecule has 0 aliphatic carbocycles. The standard InChI is InChI=1S/C12H6Cl2N2S/c13-8-5-11(14)15-6-7(8)12-16-9-3-1-2-4-10(9)17-12/h1-6H. The van der Waals surface area contributed by atoms with Crippen LogP contribution in [0.2, 0.25) is 10.2 Å². The van der Waals surface area contributed by atoms with Gasteiger partial charge < -0.3 is 0 Å². The Hall–Kier alpha value is -1.16. The van der Waals surface area contributed by atoms with Gasteiger partial charge in [0.25, 0.3) is 0 Å². The quantitative estimate of drug-likeness (QED) is 0.606. The number of nitrogens with zero attached hydrogens (tertiary/aromatic N) is 2. The summed E-state index contributed by atoms with van der Waals surface area (Å²) in [6, 6.07) is 9.60. The highest BCUT2D eigenvalue weighted by molar-refractivity contribution is 7.21. The van der Waals surface area contributed by atoms with E-state index in [-0.39, 0.29) is 0 Å². The van der Waals surface area contributed by atoms with Crippen molar-refractivity contribution in [1.29, 1.82) is 0 Å². The second kappa shape index (κ2) is 4.26. The Morgan fingerprint density at radius 2 is 1.94 bits per heavy atom. The molecule has 84 valence electrons. The van der Waals surface area contributed by atoms with Crippen LogP contribution in [0.25, 0.3) is 20.8 Å². The molecular weight excluding hydrogens is 275 g/mol. The molecule has 0 amide bonds. The van der Waals surface area contributed by atoms with E-state index in [1.807, 2.05) is 24.3 Å².